The van der Waals surface area contributed by atoms with Crippen LogP contribution in [0.5, 0.6) is 0 Å². The Labute approximate surface area is 81.1 Å². The molecule has 0 amide bonds. The van der Waals surface area contributed by atoms with Crippen molar-refractivity contribution >= 4 is 11.4 Å². The van der Waals surface area contributed by atoms with Crippen molar-refractivity contribution in [2.75, 3.05) is 19.0 Å². The van der Waals surface area contributed by atoms with Gasteiger partial charge in [0.25, 0.3) is 5.69 Å². The van der Waals surface area contributed by atoms with E-state index < -0.39 is 10.7 Å². The molecule has 0 atom stereocenters. The van der Waals surface area contributed by atoms with Crippen molar-refractivity contribution in [1.29, 1.82) is 0 Å². The first-order valence-electron chi connectivity index (χ1n) is 4.05. The van der Waals surface area contributed by atoms with Gasteiger partial charge in [0, 0.05) is 20.2 Å². The fraction of sp³-hybridized carbons (Fsp3) is 0.333. The molecule has 0 aliphatic heterocycles. The van der Waals surface area contributed by atoms with Crippen LogP contribution in [0, 0.1) is 22.9 Å². The van der Waals surface area contributed by atoms with Crippen molar-refractivity contribution in [3.8, 4) is 0 Å². The number of nitro groups is 1. The lowest BCUT2D eigenvalue weighted by atomic mass is 10.1. The molecule has 4 nitrogen and oxygen atoms in total. The SMILES string of the molecule is Cc1cc([N+](=O)[O-])cc(F)c1N(C)C. The molecule has 0 N–H and O–H groups in total. The largest absolute Gasteiger partial charge is 0.375 e. The Morgan fingerprint density at radius 1 is 1.43 bits per heavy atom. The van der Waals surface area contributed by atoms with Crippen molar-refractivity contribution < 1.29 is 9.31 Å². The number of hydrogen-bond acceptors (Lipinski definition) is 3. The van der Waals surface area contributed by atoms with E-state index in [4.69, 9.17) is 0 Å². The molecule has 5 heteroatoms. The molecule has 0 spiro atoms. The summed E-state index contributed by atoms with van der Waals surface area (Å²) >= 11 is 0. The average Bonchev–Trinajstić information content (AvgIpc) is 2.01. The van der Waals surface area contributed by atoms with Gasteiger partial charge in [0.15, 0.2) is 5.82 Å². The summed E-state index contributed by atoms with van der Waals surface area (Å²) in [5.74, 6) is -0.568. The summed E-state index contributed by atoms with van der Waals surface area (Å²) in [5, 5.41) is 10.4. The van der Waals surface area contributed by atoms with Crippen molar-refractivity contribution in [3.63, 3.8) is 0 Å². The summed E-state index contributed by atoms with van der Waals surface area (Å²) in [6.07, 6.45) is 0. The van der Waals surface area contributed by atoms with E-state index in [-0.39, 0.29) is 5.69 Å². The molecule has 0 aliphatic rings. The van der Waals surface area contributed by atoms with Crippen LogP contribution in [-0.2, 0) is 0 Å². The lowest BCUT2D eigenvalue weighted by molar-refractivity contribution is -0.385. The smallest absolute Gasteiger partial charge is 0.272 e. The highest BCUT2D eigenvalue weighted by Gasteiger charge is 2.15. The maximum Gasteiger partial charge on any atom is 0.272 e. The molecule has 0 aromatic heterocycles. The zero-order valence-corrected chi connectivity index (χ0v) is 8.24. The van der Waals surface area contributed by atoms with Crippen LogP contribution in [-0.4, -0.2) is 19.0 Å². The minimum atomic E-state index is -0.602. The maximum absolute atomic E-state index is 13.4. The van der Waals surface area contributed by atoms with Crippen LogP contribution in [0.3, 0.4) is 0 Å². The number of nitrogens with zero attached hydrogens (tertiary/aromatic N) is 2. The number of hydrogen-bond donors (Lipinski definition) is 0. The summed E-state index contributed by atoms with van der Waals surface area (Å²) in [4.78, 5) is 11.4. The second kappa shape index (κ2) is 3.61. The molecule has 0 saturated heterocycles. The molecule has 1 aromatic rings. The average molecular weight is 198 g/mol. The Bertz CT molecular complexity index is 354. The molecule has 0 radical (unpaired) electrons. The van der Waals surface area contributed by atoms with Crippen LogP contribution in [0.2, 0.25) is 0 Å². The number of rotatable bonds is 2. The van der Waals surface area contributed by atoms with E-state index in [2.05, 4.69) is 0 Å². The first-order chi connectivity index (χ1) is 6.43. The molecule has 1 rings (SSSR count). The van der Waals surface area contributed by atoms with E-state index in [9.17, 15) is 14.5 Å². The van der Waals surface area contributed by atoms with Crippen LogP contribution in [0.1, 0.15) is 5.56 Å². The van der Waals surface area contributed by atoms with E-state index in [1.165, 1.54) is 6.07 Å². The lowest BCUT2D eigenvalue weighted by Gasteiger charge is -2.15. The van der Waals surface area contributed by atoms with Gasteiger partial charge in [-0.2, -0.15) is 0 Å². The minimum Gasteiger partial charge on any atom is -0.375 e. The standard InChI is InChI=1S/C9H11FN2O2/c1-6-4-7(12(13)14)5-8(10)9(6)11(2)3/h4-5H,1-3H3. The topological polar surface area (TPSA) is 46.4 Å². The molecule has 0 heterocycles. The first kappa shape index (κ1) is 10.4. The van der Waals surface area contributed by atoms with E-state index in [1.54, 1.807) is 25.9 Å². The third kappa shape index (κ3) is 1.81. The highest BCUT2D eigenvalue weighted by atomic mass is 19.1. The van der Waals surface area contributed by atoms with Crippen molar-refractivity contribution in [3.05, 3.63) is 33.6 Å². The molecule has 1 aromatic carbocycles. The normalized spacial score (nSPS) is 10.0. The predicted molar refractivity (Wildman–Crippen MR) is 52.1 cm³/mol. The maximum atomic E-state index is 13.4. The Kier molecular flexibility index (Phi) is 2.69. The first-order valence-corrected chi connectivity index (χ1v) is 4.05. The Hall–Kier alpha value is -1.65. The van der Waals surface area contributed by atoms with E-state index >= 15 is 0 Å². The van der Waals surface area contributed by atoms with E-state index in [1.807, 2.05) is 0 Å². The highest BCUT2D eigenvalue weighted by Crippen LogP contribution is 2.26. The number of anilines is 1. The number of benzene rings is 1. The van der Waals surface area contributed by atoms with Crippen LogP contribution in [0.15, 0.2) is 12.1 Å². The Morgan fingerprint density at radius 2 is 2.00 bits per heavy atom. The summed E-state index contributed by atoms with van der Waals surface area (Å²) in [6, 6.07) is 2.29. The van der Waals surface area contributed by atoms with Gasteiger partial charge in [-0.3, -0.25) is 10.1 Å². The van der Waals surface area contributed by atoms with Gasteiger partial charge in [-0.25, -0.2) is 4.39 Å². The number of halogens is 1. The summed E-state index contributed by atoms with van der Waals surface area (Å²) < 4.78 is 13.4. The van der Waals surface area contributed by atoms with Gasteiger partial charge in [-0.15, -0.1) is 0 Å². The number of aryl methyl sites for hydroxylation is 1. The van der Waals surface area contributed by atoms with Crippen LogP contribution >= 0.6 is 0 Å². The second-order valence-corrected chi connectivity index (χ2v) is 3.24. The van der Waals surface area contributed by atoms with Crippen molar-refractivity contribution in [2.24, 2.45) is 0 Å². The van der Waals surface area contributed by atoms with E-state index in [0.29, 0.717) is 11.3 Å². The van der Waals surface area contributed by atoms with Gasteiger partial charge in [-0.1, -0.05) is 0 Å². The number of nitro benzene ring substituents is 1. The highest BCUT2D eigenvalue weighted by molar-refractivity contribution is 5.57. The van der Waals surface area contributed by atoms with Crippen LogP contribution in [0.25, 0.3) is 0 Å². The van der Waals surface area contributed by atoms with E-state index in [0.717, 1.165) is 6.07 Å². The Balaban J connectivity index is 3.32. The molecule has 14 heavy (non-hydrogen) atoms. The molecular formula is C9H11FN2O2. The summed E-state index contributed by atoms with van der Waals surface area (Å²) in [6.45, 7) is 1.64. The predicted octanol–water partition coefficient (Wildman–Crippen LogP) is 2.11. The third-order valence-electron chi connectivity index (χ3n) is 1.90. The third-order valence-corrected chi connectivity index (χ3v) is 1.90. The molecule has 0 unspecified atom stereocenters. The lowest BCUT2D eigenvalue weighted by Crippen LogP contribution is -2.12. The monoisotopic (exact) mass is 198 g/mol. The summed E-state index contributed by atoms with van der Waals surface area (Å²) in [7, 11) is 3.38. The molecular weight excluding hydrogens is 187 g/mol. The fourth-order valence-corrected chi connectivity index (χ4v) is 1.39. The fourth-order valence-electron chi connectivity index (χ4n) is 1.39. The second-order valence-electron chi connectivity index (χ2n) is 3.24. The zero-order valence-electron chi connectivity index (χ0n) is 8.24. The van der Waals surface area contributed by atoms with Gasteiger partial charge in [0.05, 0.1) is 16.7 Å². The molecule has 76 valence electrons. The quantitative estimate of drug-likeness (QED) is 0.540. The Morgan fingerprint density at radius 3 is 2.36 bits per heavy atom. The number of non-ortho nitro benzene ring substituents is 1. The van der Waals surface area contributed by atoms with Crippen molar-refractivity contribution in [1.82, 2.24) is 0 Å². The van der Waals surface area contributed by atoms with Crippen molar-refractivity contribution in [2.45, 2.75) is 6.92 Å². The van der Waals surface area contributed by atoms with Crippen LogP contribution in [0.4, 0.5) is 15.8 Å². The molecule has 0 fully saturated rings. The minimum absolute atomic E-state index is 0.217. The molecule has 0 saturated carbocycles. The van der Waals surface area contributed by atoms with Gasteiger partial charge < -0.3 is 4.90 Å². The van der Waals surface area contributed by atoms with Gasteiger partial charge in [0.1, 0.15) is 0 Å². The molecule has 0 bridgehead atoms. The van der Waals surface area contributed by atoms with Gasteiger partial charge in [-0.05, 0) is 12.5 Å². The molecule has 0 aliphatic carbocycles. The summed E-state index contributed by atoms with van der Waals surface area (Å²) in [5.41, 5.74) is 0.725. The van der Waals surface area contributed by atoms with Crippen LogP contribution < -0.4 is 4.90 Å². The zero-order chi connectivity index (χ0) is 10.9. The van der Waals surface area contributed by atoms with Gasteiger partial charge in [0.2, 0.25) is 0 Å². The van der Waals surface area contributed by atoms with Gasteiger partial charge >= 0.3 is 0 Å².